The molecule has 0 spiro atoms. The number of imidazole rings is 1. The molecule has 0 fully saturated rings. The second kappa shape index (κ2) is 5.76. The van der Waals surface area contributed by atoms with Gasteiger partial charge in [-0.15, -0.1) is 0 Å². The van der Waals surface area contributed by atoms with Crippen molar-refractivity contribution in [2.45, 2.75) is 19.3 Å². The normalized spacial score (nSPS) is 14.3. The molecule has 2 aromatic carbocycles. The number of rotatable bonds is 1. The lowest BCUT2D eigenvalue weighted by Gasteiger charge is -2.22. The Morgan fingerprint density at radius 2 is 1.91 bits per heavy atom. The molecule has 116 valence electrons. The molecule has 1 aliphatic rings. The quantitative estimate of drug-likeness (QED) is 0.715. The Morgan fingerprint density at radius 1 is 1.09 bits per heavy atom. The van der Waals surface area contributed by atoms with Crippen molar-refractivity contribution < 1.29 is 4.79 Å². The molecule has 1 aromatic heterocycles. The summed E-state index contributed by atoms with van der Waals surface area (Å²) in [7, 11) is 0. The fourth-order valence-electron chi connectivity index (χ4n) is 3.08. The van der Waals surface area contributed by atoms with Gasteiger partial charge in [0.25, 0.3) is 0 Å². The fraction of sp³-hybridized carbons (Fsp3) is 0.222. The Morgan fingerprint density at radius 3 is 2.83 bits per heavy atom. The van der Waals surface area contributed by atoms with Gasteiger partial charge in [0.15, 0.2) is 0 Å². The van der Waals surface area contributed by atoms with E-state index in [0.29, 0.717) is 5.95 Å². The number of H-pyrrole nitrogens is 1. The zero-order chi connectivity index (χ0) is 15.6. The van der Waals surface area contributed by atoms with E-state index < -0.39 is 0 Å². The van der Waals surface area contributed by atoms with E-state index in [-0.39, 0.29) is 6.03 Å². The van der Waals surface area contributed by atoms with E-state index in [0.717, 1.165) is 42.5 Å². The number of aryl methyl sites for hydroxylation is 1. The third kappa shape index (κ3) is 2.65. The van der Waals surface area contributed by atoms with Crippen LogP contribution in [0, 0.1) is 0 Å². The third-order valence-corrected chi connectivity index (χ3v) is 4.22. The summed E-state index contributed by atoms with van der Waals surface area (Å²) in [6, 6.07) is 15.7. The van der Waals surface area contributed by atoms with E-state index in [1.807, 2.05) is 47.4 Å². The maximum absolute atomic E-state index is 12.7. The van der Waals surface area contributed by atoms with Crippen LogP contribution in [0.15, 0.2) is 48.5 Å². The number of carbonyl (C=O) groups is 1. The van der Waals surface area contributed by atoms with Gasteiger partial charge in [-0.25, -0.2) is 9.78 Å². The molecule has 4 rings (SSSR count). The molecule has 2 N–H and O–H groups in total. The number of urea groups is 1. The van der Waals surface area contributed by atoms with E-state index in [9.17, 15) is 4.79 Å². The molecule has 2 amide bonds. The molecule has 0 aliphatic carbocycles. The molecule has 1 aliphatic heterocycles. The van der Waals surface area contributed by atoms with E-state index in [2.05, 4.69) is 21.4 Å². The molecular weight excluding hydrogens is 288 g/mol. The summed E-state index contributed by atoms with van der Waals surface area (Å²) in [6.07, 6.45) is 3.12. The number of anilines is 2. The van der Waals surface area contributed by atoms with Crippen molar-refractivity contribution in [3.8, 4) is 0 Å². The van der Waals surface area contributed by atoms with Gasteiger partial charge in [-0.2, -0.15) is 0 Å². The van der Waals surface area contributed by atoms with Crippen LogP contribution in [0.2, 0.25) is 0 Å². The molecule has 2 heterocycles. The van der Waals surface area contributed by atoms with Crippen LogP contribution < -0.4 is 10.2 Å². The van der Waals surface area contributed by atoms with Crippen LogP contribution >= 0.6 is 0 Å². The van der Waals surface area contributed by atoms with Crippen LogP contribution in [0.5, 0.6) is 0 Å². The Bertz CT molecular complexity index is 822. The number of para-hydroxylation sites is 3. The number of hydrogen-bond acceptors (Lipinski definition) is 2. The molecule has 0 radical (unpaired) electrons. The van der Waals surface area contributed by atoms with Crippen molar-refractivity contribution >= 4 is 28.7 Å². The Hall–Kier alpha value is -2.82. The van der Waals surface area contributed by atoms with Gasteiger partial charge in [-0.05, 0) is 43.0 Å². The summed E-state index contributed by atoms with van der Waals surface area (Å²) >= 11 is 0. The molecule has 0 atom stereocenters. The highest BCUT2D eigenvalue weighted by atomic mass is 16.2. The van der Waals surface area contributed by atoms with Crippen LogP contribution in [-0.2, 0) is 6.42 Å². The lowest BCUT2D eigenvalue weighted by atomic mass is 10.1. The molecule has 0 bridgehead atoms. The predicted molar refractivity (Wildman–Crippen MR) is 91.8 cm³/mol. The zero-order valence-electron chi connectivity index (χ0n) is 12.7. The van der Waals surface area contributed by atoms with Gasteiger partial charge in [0, 0.05) is 12.2 Å². The highest BCUT2D eigenvalue weighted by Gasteiger charge is 2.21. The van der Waals surface area contributed by atoms with E-state index in [4.69, 9.17) is 0 Å². The van der Waals surface area contributed by atoms with Gasteiger partial charge in [-0.1, -0.05) is 30.3 Å². The molecule has 3 aromatic rings. The van der Waals surface area contributed by atoms with Crippen molar-refractivity contribution in [2.75, 3.05) is 16.8 Å². The molecular formula is C18H18N4O. The average molecular weight is 306 g/mol. The number of nitrogens with zero attached hydrogens (tertiary/aromatic N) is 2. The summed E-state index contributed by atoms with van der Waals surface area (Å²) in [6.45, 7) is 0.725. The SMILES string of the molecule is O=C(Nc1nc2ccccc2[nH]1)N1CCCCc2ccccc21. The van der Waals surface area contributed by atoms with Crippen LogP contribution in [0.25, 0.3) is 11.0 Å². The third-order valence-electron chi connectivity index (χ3n) is 4.22. The van der Waals surface area contributed by atoms with Crippen molar-refractivity contribution in [2.24, 2.45) is 0 Å². The van der Waals surface area contributed by atoms with Gasteiger partial charge in [-0.3, -0.25) is 10.2 Å². The van der Waals surface area contributed by atoms with Gasteiger partial charge in [0.05, 0.1) is 11.0 Å². The standard InChI is InChI=1S/C18H18N4O/c23-18(21-17-19-14-9-2-3-10-15(14)20-17)22-12-6-5-8-13-7-1-4-11-16(13)22/h1-4,7,9-11H,5-6,8,12H2,(H2,19,20,21,23). The number of fused-ring (bicyclic) bond motifs is 2. The van der Waals surface area contributed by atoms with Crippen molar-refractivity contribution in [1.29, 1.82) is 0 Å². The predicted octanol–water partition coefficient (Wildman–Crippen LogP) is 3.94. The van der Waals surface area contributed by atoms with Crippen LogP contribution in [0.3, 0.4) is 0 Å². The van der Waals surface area contributed by atoms with E-state index in [1.54, 1.807) is 0 Å². The summed E-state index contributed by atoms with van der Waals surface area (Å²) in [5.74, 6) is 0.484. The number of aromatic nitrogens is 2. The van der Waals surface area contributed by atoms with Gasteiger partial charge < -0.3 is 4.98 Å². The van der Waals surface area contributed by atoms with Gasteiger partial charge in [0.2, 0.25) is 5.95 Å². The first-order chi connectivity index (χ1) is 11.3. The van der Waals surface area contributed by atoms with E-state index >= 15 is 0 Å². The number of amides is 2. The zero-order valence-corrected chi connectivity index (χ0v) is 12.7. The second-order valence-corrected chi connectivity index (χ2v) is 5.77. The maximum Gasteiger partial charge on any atom is 0.328 e. The van der Waals surface area contributed by atoms with E-state index in [1.165, 1.54) is 5.56 Å². The lowest BCUT2D eigenvalue weighted by molar-refractivity contribution is 0.256. The minimum Gasteiger partial charge on any atom is -0.324 e. The van der Waals surface area contributed by atoms with Crippen LogP contribution in [-0.4, -0.2) is 22.5 Å². The summed E-state index contributed by atoms with van der Waals surface area (Å²) in [5, 5.41) is 2.89. The minimum atomic E-state index is -0.140. The van der Waals surface area contributed by atoms with Crippen molar-refractivity contribution in [3.05, 3.63) is 54.1 Å². The molecule has 23 heavy (non-hydrogen) atoms. The summed E-state index contributed by atoms with van der Waals surface area (Å²) in [4.78, 5) is 22.1. The highest BCUT2D eigenvalue weighted by Crippen LogP contribution is 2.26. The largest absolute Gasteiger partial charge is 0.328 e. The number of carbonyl (C=O) groups excluding carboxylic acids is 1. The topological polar surface area (TPSA) is 61.0 Å². The number of benzene rings is 2. The highest BCUT2D eigenvalue weighted by molar-refractivity contribution is 6.02. The van der Waals surface area contributed by atoms with Crippen molar-refractivity contribution in [1.82, 2.24) is 9.97 Å². The number of nitrogens with one attached hydrogen (secondary N) is 2. The number of hydrogen-bond donors (Lipinski definition) is 2. The number of aromatic amines is 1. The van der Waals surface area contributed by atoms with Crippen molar-refractivity contribution in [3.63, 3.8) is 0 Å². The van der Waals surface area contributed by atoms with Gasteiger partial charge in [0.1, 0.15) is 0 Å². The molecule has 0 unspecified atom stereocenters. The molecule has 5 heteroatoms. The Balaban J connectivity index is 1.61. The smallest absolute Gasteiger partial charge is 0.324 e. The van der Waals surface area contributed by atoms with Gasteiger partial charge >= 0.3 is 6.03 Å². The first kappa shape index (κ1) is 13.8. The monoisotopic (exact) mass is 306 g/mol. The Labute approximate surface area is 134 Å². The first-order valence-electron chi connectivity index (χ1n) is 7.92. The second-order valence-electron chi connectivity index (χ2n) is 5.77. The molecule has 5 nitrogen and oxygen atoms in total. The summed E-state index contributed by atoms with van der Waals surface area (Å²) in [5.41, 5.74) is 3.99. The molecule has 0 saturated carbocycles. The van der Waals surface area contributed by atoms with Crippen LogP contribution in [0.1, 0.15) is 18.4 Å². The maximum atomic E-state index is 12.7. The lowest BCUT2D eigenvalue weighted by Crippen LogP contribution is -2.36. The Kier molecular flexibility index (Phi) is 3.46. The first-order valence-corrected chi connectivity index (χ1v) is 7.92. The summed E-state index contributed by atoms with van der Waals surface area (Å²) < 4.78 is 0. The average Bonchev–Trinajstić information content (AvgIpc) is 2.84. The molecule has 0 saturated heterocycles. The fourth-order valence-corrected chi connectivity index (χ4v) is 3.08. The minimum absolute atomic E-state index is 0.140. The van der Waals surface area contributed by atoms with Crippen LogP contribution in [0.4, 0.5) is 16.4 Å².